The van der Waals surface area contributed by atoms with Crippen LogP contribution in [0.4, 0.5) is 4.79 Å². The summed E-state index contributed by atoms with van der Waals surface area (Å²) in [5.41, 5.74) is -0.273. The third-order valence-electron chi connectivity index (χ3n) is 5.81. The van der Waals surface area contributed by atoms with E-state index in [9.17, 15) is 9.59 Å². The Morgan fingerprint density at radius 1 is 1.48 bits per heavy atom. The van der Waals surface area contributed by atoms with Crippen LogP contribution in [0.1, 0.15) is 46.5 Å². The molecule has 21 heavy (non-hydrogen) atoms. The summed E-state index contributed by atoms with van der Waals surface area (Å²) in [6, 6.07) is 0.163. The summed E-state index contributed by atoms with van der Waals surface area (Å²) in [5.74, 6) is 0.0840. The molecule has 2 bridgehead atoms. The molecule has 118 valence electrons. The van der Waals surface area contributed by atoms with Crippen molar-refractivity contribution in [3.8, 4) is 0 Å². The fraction of sp³-hybridized carbons (Fsp3) is 0.867. The minimum Gasteiger partial charge on any atom is -0.412 e. The maximum atomic E-state index is 12.1. The van der Waals surface area contributed by atoms with Crippen LogP contribution in [-0.4, -0.2) is 50.8 Å². The Hall–Kier alpha value is -0.618. The molecule has 0 aromatic rings. The molecule has 3 atom stereocenters. The molecule has 0 aromatic heterocycles. The van der Waals surface area contributed by atoms with Gasteiger partial charge < -0.3 is 14.1 Å². The number of fused-ring (bicyclic) bond motifs is 2. The Balaban J connectivity index is 2.22. The molecule has 0 N–H and O–H groups in total. The average molecular weight is 309 g/mol. The number of carbonyl (C=O) groups excluding carboxylic acids is 2. The van der Waals surface area contributed by atoms with E-state index in [4.69, 9.17) is 4.43 Å². The zero-order valence-corrected chi connectivity index (χ0v) is 15.2. The van der Waals surface area contributed by atoms with Crippen LogP contribution in [-0.2, 0) is 9.22 Å². The van der Waals surface area contributed by atoms with Crippen molar-refractivity contribution in [3.63, 3.8) is 0 Å². The van der Waals surface area contributed by atoms with E-state index in [2.05, 4.69) is 33.9 Å². The van der Waals surface area contributed by atoms with Gasteiger partial charge in [-0.1, -0.05) is 20.8 Å². The molecular formula is C15H28BNO3Si. The largest absolute Gasteiger partial charge is 0.412 e. The van der Waals surface area contributed by atoms with Crippen molar-refractivity contribution in [2.24, 2.45) is 0 Å². The number of hydrogen-bond acceptors (Lipinski definition) is 3. The van der Waals surface area contributed by atoms with Crippen LogP contribution in [0.2, 0.25) is 18.1 Å². The lowest BCUT2D eigenvalue weighted by atomic mass is 9.84. The Bertz CT molecular complexity index is 449. The first-order chi connectivity index (χ1) is 9.54. The van der Waals surface area contributed by atoms with E-state index < -0.39 is 8.32 Å². The monoisotopic (exact) mass is 309 g/mol. The molecule has 0 radical (unpaired) electrons. The first-order valence-corrected chi connectivity index (χ1v) is 10.9. The molecule has 2 aliphatic rings. The van der Waals surface area contributed by atoms with Gasteiger partial charge in [0.15, 0.2) is 14.1 Å². The van der Waals surface area contributed by atoms with Crippen molar-refractivity contribution in [2.45, 2.75) is 82.3 Å². The lowest BCUT2D eigenvalue weighted by Crippen LogP contribution is -2.47. The van der Waals surface area contributed by atoms with Gasteiger partial charge in [-0.05, 0) is 37.4 Å². The highest BCUT2D eigenvalue weighted by atomic mass is 28.4. The fourth-order valence-corrected chi connectivity index (χ4v) is 5.11. The van der Waals surface area contributed by atoms with E-state index in [0.29, 0.717) is 6.42 Å². The van der Waals surface area contributed by atoms with Crippen LogP contribution >= 0.6 is 0 Å². The molecule has 3 unspecified atom stereocenters. The van der Waals surface area contributed by atoms with Gasteiger partial charge in [-0.3, -0.25) is 4.79 Å². The molecule has 6 heteroatoms. The first-order valence-electron chi connectivity index (χ1n) is 7.95. The molecule has 0 aromatic carbocycles. The number of aldehydes is 1. The number of rotatable bonds is 4. The number of nitrogens with zero attached hydrogens (tertiary/aromatic N) is 1. The summed E-state index contributed by atoms with van der Waals surface area (Å²) in [5, 5.41) is 0.160. The zero-order valence-electron chi connectivity index (χ0n) is 14.2. The second kappa shape index (κ2) is 5.23. The van der Waals surface area contributed by atoms with Gasteiger partial charge in [0.1, 0.15) is 6.29 Å². The van der Waals surface area contributed by atoms with Crippen LogP contribution < -0.4 is 0 Å². The van der Waals surface area contributed by atoms with Gasteiger partial charge in [0.2, 0.25) is 7.85 Å². The number of amides is 1. The first kappa shape index (κ1) is 16.7. The third kappa shape index (κ3) is 2.72. The van der Waals surface area contributed by atoms with Gasteiger partial charge in [0, 0.05) is 6.42 Å². The molecule has 2 heterocycles. The van der Waals surface area contributed by atoms with Gasteiger partial charge in [-0.2, -0.15) is 0 Å². The van der Waals surface area contributed by atoms with Crippen LogP contribution in [0.3, 0.4) is 0 Å². The van der Waals surface area contributed by atoms with Crippen molar-refractivity contribution in [3.05, 3.63) is 0 Å². The summed E-state index contributed by atoms with van der Waals surface area (Å²) in [6.45, 7) is 11.2. The Labute approximate surface area is 130 Å². The predicted octanol–water partition coefficient (Wildman–Crippen LogP) is 2.33. The van der Waals surface area contributed by atoms with E-state index in [-0.39, 0.29) is 28.5 Å². The third-order valence-corrected chi connectivity index (χ3v) is 10.3. The van der Waals surface area contributed by atoms with Gasteiger partial charge in [0.05, 0.1) is 17.7 Å². The lowest BCUT2D eigenvalue weighted by molar-refractivity contribution is -0.109. The second-order valence-electron chi connectivity index (χ2n) is 8.21. The van der Waals surface area contributed by atoms with Crippen molar-refractivity contribution in [1.29, 1.82) is 0 Å². The van der Waals surface area contributed by atoms with E-state index in [1.165, 1.54) is 0 Å². The summed E-state index contributed by atoms with van der Waals surface area (Å²) in [4.78, 5) is 25.1. The van der Waals surface area contributed by atoms with Crippen molar-refractivity contribution < 1.29 is 14.0 Å². The Morgan fingerprint density at radius 2 is 2.10 bits per heavy atom. The van der Waals surface area contributed by atoms with Crippen molar-refractivity contribution >= 4 is 28.3 Å². The van der Waals surface area contributed by atoms with Crippen LogP contribution in [0.15, 0.2) is 0 Å². The van der Waals surface area contributed by atoms with E-state index >= 15 is 0 Å². The normalized spacial score (nSPS) is 32.5. The quantitative estimate of drug-likeness (QED) is 0.591. The smallest absolute Gasteiger partial charge is 0.215 e. The summed E-state index contributed by atoms with van der Waals surface area (Å²) < 4.78 is 6.58. The summed E-state index contributed by atoms with van der Waals surface area (Å²) >= 11 is 0. The van der Waals surface area contributed by atoms with Crippen molar-refractivity contribution in [1.82, 2.24) is 4.90 Å². The van der Waals surface area contributed by atoms with E-state index in [0.717, 1.165) is 25.5 Å². The van der Waals surface area contributed by atoms with E-state index in [1.807, 2.05) is 4.90 Å². The molecular weight excluding hydrogens is 281 g/mol. The number of carbonyl (C=O) groups is 2. The van der Waals surface area contributed by atoms with Gasteiger partial charge in [-0.15, -0.1) is 0 Å². The lowest BCUT2D eigenvalue weighted by Gasteiger charge is -2.40. The highest BCUT2D eigenvalue weighted by Gasteiger charge is 2.59. The fourth-order valence-electron chi connectivity index (χ4n) is 3.76. The molecule has 2 rings (SSSR count). The minimum absolute atomic E-state index is 0.0840. The zero-order chi connectivity index (χ0) is 16.1. The predicted molar refractivity (Wildman–Crippen MR) is 88.9 cm³/mol. The van der Waals surface area contributed by atoms with Crippen LogP contribution in [0, 0.1) is 0 Å². The highest BCUT2D eigenvalue weighted by molar-refractivity contribution is 6.74. The topological polar surface area (TPSA) is 46.6 Å². The maximum absolute atomic E-state index is 12.1. The summed E-state index contributed by atoms with van der Waals surface area (Å²) in [7, 11) is -0.236. The Kier molecular flexibility index (Phi) is 4.17. The molecule has 0 spiro atoms. The molecule has 0 saturated carbocycles. The van der Waals surface area contributed by atoms with Gasteiger partial charge >= 0.3 is 0 Å². The maximum Gasteiger partial charge on any atom is 0.215 e. The Morgan fingerprint density at radius 3 is 2.57 bits per heavy atom. The minimum atomic E-state index is -1.85. The average Bonchev–Trinajstić information content (AvgIpc) is 2.79. The van der Waals surface area contributed by atoms with E-state index in [1.54, 1.807) is 7.85 Å². The molecule has 0 aliphatic carbocycles. The standard InChI is InChI=1S/C15H28BNO3Si/c1-14(2,3)21(4,5)20-12-10-15(8-9-18)7-6-11(12)17(15)13(16)19/h9,11-12H,6-8,10,16H2,1-5H3. The van der Waals surface area contributed by atoms with Crippen LogP contribution in [0.25, 0.3) is 0 Å². The van der Waals surface area contributed by atoms with Gasteiger partial charge in [0.25, 0.3) is 0 Å². The number of hydrogen-bond donors (Lipinski definition) is 0. The van der Waals surface area contributed by atoms with Gasteiger partial charge in [-0.25, -0.2) is 0 Å². The second-order valence-corrected chi connectivity index (χ2v) is 13.0. The van der Waals surface area contributed by atoms with Crippen LogP contribution in [0.5, 0.6) is 0 Å². The molecule has 2 saturated heterocycles. The molecule has 4 nitrogen and oxygen atoms in total. The summed E-state index contributed by atoms with van der Waals surface area (Å²) in [6.07, 6.45) is 4.24. The molecule has 2 aliphatic heterocycles. The molecule has 2 fully saturated rings. The molecule has 1 amide bonds. The van der Waals surface area contributed by atoms with Crippen molar-refractivity contribution in [2.75, 3.05) is 0 Å². The SMILES string of the molecule is BC(=O)N1C2CCC1(CC=O)CC2O[Si](C)(C)C(C)(C)C. The highest BCUT2D eigenvalue weighted by Crippen LogP contribution is 2.51.